The number of nitrogens with zero attached hydrogens (tertiary/aromatic N) is 2. The molecule has 0 atom stereocenters. The smallest absolute Gasteiger partial charge is 0.318 e. The van der Waals surface area contributed by atoms with E-state index in [1.165, 1.54) is 6.20 Å². The fraction of sp³-hybridized carbons (Fsp3) is 0.143. The van der Waals surface area contributed by atoms with Gasteiger partial charge in [-0.15, -0.1) is 6.42 Å². The second-order valence-electron chi connectivity index (χ2n) is 1.65. The summed E-state index contributed by atoms with van der Waals surface area (Å²) < 4.78 is 4.89. The maximum atomic E-state index is 5.54. The van der Waals surface area contributed by atoms with Gasteiger partial charge in [0.15, 0.2) is 6.61 Å². The van der Waals surface area contributed by atoms with Gasteiger partial charge >= 0.3 is 6.01 Å². The van der Waals surface area contributed by atoms with Crippen LogP contribution < -0.4 is 4.74 Å². The van der Waals surface area contributed by atoms with E-state index in [4.69, 9.17) is 22.8 Å². The molecule has 0 N–H and O–H groups in total. The highest BCUT2D eigenvalue weighted by molar-refractivity contribution is 6.29. The van der Waals surface area contributed by atoms with Crippen molar-refractivity contribution in [1.82, 2.24) is 9.97 Å². The number of ether oxygens (including phenoxy) is 1. The molecule has 1 heterocycles. The third-order valence-corrected chi connectivity index (χ3v) is 1.09. The van der Waals surface area contributed by atoms with Crippen LogP contribution in [0.4, 0.5) is 0 Å². The molecule has 0 aromatic carbocycles. The summed E-state index contributed by atoms with van der Waals surface area (Å²) in [6, 6.07) is 1.76. The fourth-order valence-corrected chi connectivity index (χ4v) is 0.624. The number of aromatic nitrogens is 2. The third kappa shape index (κ3) is 2.44. The minimum atomic E-state index is 0.153. The summed E-state index contributed by atoms with van der Waals surface area (Å²) in [6.07, 6.45) is 6.45. The standard InChI is InChI=1S/C7H5ClN2O/c1-2-5-11-7-9-4-3-6(8)10-7/h1,3-4H,5H2. The summed E-state index contributed by atoms with van der Waals surface area (Å²) in [5.41, 5.74) is 0. The van der Waals surface area contributed by atoms with Gasteiger partial charge in [-0.1, -0.05) is 17.5 Å². The molecule has 0 amide bonds. The lowest BCUT2D eigenvalue weighted by Crippen LogP contribution is -1.97. The van der Waals surface area contributed by atoms with Gasteiger partial charge < -0.3 is 4.74 Å². The van der Waals surface area contributed by atoms with Gasteiger partial charge in [-0.2, -0.15) is 4.98 Å². The van der Waals surface area contributed by atoms with Crippen molar-refractivity contribution >= 4 is 11.6 Å². The lowest BCUT2D eigenvalue weighted by Gasteiger charge is -1.97. The lowest BCUT2D eigenvalue weighted by molar-refractivity contribution is 0.339. The van der Waals surface area contributed by atoms with Crippen LogP contribution in [0.25, 0.3) is 0 Å². The predicted octanol–water partition coefficient (Wildman–Crippen LogP) is 1.14. The Hall–Kier alpha value is -1.27. The molecule has 1 aromatic rings. The SMILES string of the molecule is C#CCOc1nccc(Cl)n1. The molecule has 0 aliphatic carbocycles. The van der Waals surface area contributed by atoms with E-state index in [-0.39, 0.29) is 12.6 Å². The first-order valence-electron chi connectivity index (χ1n) is 2.88. The molecule has 1 rings (SSSR count). The lowest BCUT2D eigenvalue weighted by atomic mass is 10.7. The summed E-state index contributed by atoms with van der Waals surface area (Å²) in [5, 5.41) is 0.340. The first-order chi connectivity index (χ1) is 5.33. The maximum absolute atomic E-state index is 5.54. The molecule has 0 saturated carbocycles. The van der Waals surface area contributed by atoms with E-state index in [9.17, 15) is 0 Å². The number of terminal acetylenes is 1. The molecule has 0 aliphatic heterocycles. The quantitative estimate of drug-likeness (QED) is 0.491. The average molecular weight is 169 g/mol. The highest BCUT2D eigenvalue weighted by atomic mass is 35.5. The molecule has 0 bridgehead atoms. The first-order valence-corrected chi connectivity index (χ1v) is 3.25. The van der Waals surface area contributed by atoms with E-state index in [2.05, 4.69) is 15.9 Å². The molecule has 0 unspecified atom stereocenters. The van der Waals surface area contributed by atoms with Crippen molar-refractivity contribution in [2.75, 3.05) is 6.61 Å². The van der Waals surface area contributed by atoms with Crippen LogP contribution in [0.1, 0.15) is 0 Å². The van der Waals surface area contributed by atoms with Gasteiger partial charge in [0.05, 0.1) is 0 Å². The highest BCUT2D eigenvalue weighted by Crippen LogP contribution is 2.06. The van der Waals surface area contributed by atoms with Gasteiger partial charge in [0.1, 0.15) is 5.15 Å². The van der Waals surface area contributed by atoms with Gasteiger partial charge in [-0.05, 0) is 6.07 Å². The largest absolute Gasteiger partial charge is 0.450 e. The van der Waals surface area contributed by atoms with Crippen LogP contribution in [-0.4, -0.2) is 16.6 Å². The molecule has 0 saturated heterocycles. The monoisotopic (exact) mass is 168 g/mol. The number of hydrogen-bond donors (Lipinski definition) is 0. The molecule has 56 valence electrons. The predicted molar refractivity (Wildman–Crippen MR) is 41.4 cm³/mol. The average Bonchev–Trinajstić information content (AvgIpc) is 2.01. The Balaban J connectivity index is 2.65. The molecular formula is C7H5ClN2O. The van der Waals surface area contributed by atoms with E-state index in [1.54, 1.807) is 6.07 Å². The van der Waals surface area contributed by atoms with Crippen molar-refractivity contribution in [1.29, 1.82) is 0 Å². The minimum absolute atomic E-state index is 0.153. The molecule has 4 heteroatoms. The van der Waals surface area contributed by atoms with Crippen LogP contribution in [0.15, 0.2) is 12.3 Å². The van der Waals surface area contributed by atoms with Crippen LogP contribution in [0.5, 0.6) is 6.01 Å². The molecule has 0 spiro atoms. The molecule has 0 aliphatic rings. The van der Waals surface area contributed by atoms with Crippen LogP contribution in [0.3, 0.4) is 0 Å². The van der Waals surface area contributed by atoms with E-state index >= 15 is 0 Å². The van der Waals surface area contributed by atoms with Gasteiger partial charge in [-0.3, -0.25) is 0 Å². The van der Waals surface area contributed by atoms with Crippen LogP contribution in [0.2, 0.25) is 5.15 Å². The number of rotatable bonds is 2. The fourth-order valence-electron chi connectivity index (χ4n) is 0.496. The van der Waals surface area contributed by atoms with Gasteiger partial charge in [0.2, 0.25) is 0 Å². The highest BCUT2D eigenvalue weighted by Gasteiger charge is 1.95. The van der Waals surface area contributed by atoms with Crippen molar-refractivity contribution in [2.45, 2.75) is 0 Å². The van der Waals surface area contributed by atoms with Crippen LogP contribution >= 0.6 is 11.6 Å². The number of halogens is 1. The van der Waals surface area contributed by atoms with E-state index in [0.717, 1.165) is 0 Å². The Morgan fingerprint density at radius 1 is 1.73 bits per heavy atom. The summed E-state index contributed by atoms with van der Waals surface area (Å²) in [7, 11) is 0. The normalized spacial score (nSPS) is 8.73. The van der Waals surface area contributed by atoms with Crippen molar-refractivity contribution < 1.29 is 4.74 Å². The Kier molecular flexibility index (Phi) is 2.70. The zero-order valence-electron chi connectivity index (χ0n) is 5.62. The van der Waals surface area contributed by atoms with Crippen molar-refractivity contribution in [3.05, 3.63) is 17.4 Å². The second-order valence-corrected chi connectivity index (χ2v) is 2.04. The zero-order chi connectivity index (χ0) is 8.10. The molecule has 3 nitrogen and oxygen atoms in total. The number of hydrogen-bond acceptors (Lipinski definition) is 3. The zero-order valence-corrected chi connectivity index (χ0v) is 6.38. The summed E-state index contributed by atoms with van der Waals surface area (Å²) in [6.45, 7) is 0.153. The maximum Gasteiger partial charge on any atom is 0.318 e. The van der Waals surface area contributed by atoms with Gasteiger partial charge in [0.25, 0.3) is 0 Å². The van der Waals surface area contributed by atoms with E-state index < -0.39 is 0 Å². The Labute approximate surface area is 69.4 Å². The van der Waals surface area contributed by atoms with Crippen LogP contribution in [0, 0.1) is 12.3 Å². The molecule has 1 aromatic heterocycles. The van der Waals surface area contributed by atoms with Crippen molar-refractivity contribution in [3.8, 4) is 18.4 Å². The van der Waals surface area contributed by atoms with Gasteiger partial charge in [0, 0.05) is 6.20 Å². The third-order valence-electron chi connectivity index (χ3n) is 0.884. The minimum Gasteiger partial charge on any atom is -0.450 e. The molecule has 0 fully saturated rings. The second kappa shape index (κ2) is 3.79. The molecular weight excluding hydrogens is 164 g/mol. The van der Waals surface area contributed by atoms with Crippen LogP contribution in [-0.2, 0) is 0 Å². The Morgan fingerprint density at radius 2 is 2.55 bits per heavy atom. The summed E-state index contributed by atoms with van der Waals surface area (Å²) >= 11 is 5.54. The first kappa shape index (κ1) is 7.83. The summed E-state index contributed by atoms with van der Waals surface area (Å²) in [5.74, 6) is 2.29. The van der Waals surface area contributed by atoms with Crippen molar-refractivity contribution in [2.24, 2.45) is 0 Å². The Bertz CT molecular complexity index is 282. The summed E-state index contributed by atoms with van der Waals surface area (Å²) in [4.78, 5) is 7.51. The molecule has 11 heavy (non-hydrogen) atoms. The molecule has 0 radical (unpaired) electrons. The van der Waals surface area contributed by atoms with Gasteiger partial charge in [-0.25, -0.2) is 4.98 Å². The topological polar surface area (TPSA) is 35.0 Å². The van der Waals surface area contributed by atoms with E-state index in [0.29, 0.717) is 5.15 Å². The Morgan fingerprint density at radius 3 is 3.18 bits per heavy atom. The van der Waals surface area contributed by atoms with Crippen molar-refractivity contribution in [3.63, 3.8) is 0 Å². The van der Waals surface area contributed by atoms with E-state index in [1.807, 2.05) is 0 Å².